The molecular weight excluding hydrogens is 348 g/mol. The van der Waals surface area contributed by atoms with Crippen molar-refractivity contribution < 1.29 is 29.3 Å². The Balaban J connectivity index is 2.83. The Morgan fingerprint density at radius 3 is 1.41 bits per heavy atom. The second-order valence-corrected chi connectivity index (χ2v) is 5.99. The highest BCUT2D eigenvalue weighted by Crippen LogP contribution is 2.44. The topological polar surface area (TPSA) is 93.1 Å². The molecule has 0 radical (unpaired) electrons. The Morgan fingerprint density at radius 2 is 1.11 bits per heavy atom. The second-order valence-electron chi connectivity index (χ2n) is 5.99. The molecule has 0 aliphatic heterocycles. The summed E-state index contributed by atoms with van der Waals surface area (Å²) in [7, 11) is 0. The predicted octanol–water partition coefficient (Wildman–Crippen LogP) is 3.54. The summed E-state index contributed by atoms with van der Waals surface area (Å²) in [6, 6.07) is 11.7. The monoisotopic (exact) mass is 368 g/mol. The fraction of sp³-hybridized carbons (Fsp3) is 0.143. The zero-order chi connectivity index (χ0) is 20.2. The minimum Gasteiger partial charge on any atom is -0.507 e. The molecule has 0 amide bonds. The summed E-state index contributed by atoms with van der Waals surface area (Å²) in [6.45, 7) is 9.90. The third kappa shape index (κ3) is 4.00. The Morgan fingerprint density at radius 1 is 0.778 bits per heavy atom. The van der Waals surface area contributed by atoms with Gasteiger partial charge in [0.1, 0.15) is 11.5 Å². The molecule has 2 aromatic rings. The number of ether oxygens (including phenoxy) is 2. The van der Waals surface area contributed by atoms with Gasteiger partial charge in [-0.25, -0.2) is 9.59 Å². The molecule has 2 rings (SSSR count). The van der Waals surface area contributed by atoms with Crippen LogP contribution in [0.3, 0.4) is 0 Å². The van der Waals surface area contributed by atoms with Crippen molar-refractivity contribution in [1.29, 1.82) is 0 Å². The molecule has 0 aromatic heterocycles. The number of aromatic hydroxyl groups is 2. The van der Waals surface area contributed by atoms with Crippen LogP contribution < -0.4 is 0 Å². The van der Waals surface area contributed by atoms with E-state index in [4.69, 9.17) is 9.47 Å². The van der Waals surface area contributed by atoms with E-state index in [0.717, 1.165) is 0 Å². The number of hydrogen-bond acceptors (Lipinski definition) is 6. The SMILES string of the molecule is C=C(C)C(=O)OC(OC(=O)C(=C)C)(c1ccccc1O)c1ccccc1O. The van der Waals surface area contributed by atoms with E-state index in [1.54, 1.807) is 24.3 Å². The maximum atomic E-state index is 12.4. The zero-order valence-electron chi connectivity index (χ0n) is 15.1. The van der Waals surface area contributed by atoms with Crippen molar-refractivity contribution in [3.8, 4) is 11.5 Å². The zero-order valence-corrected chi connectivity index (χ0v) is 15.1. The number of hydrogen-bond donors (Lipinski definition) is 2. The third-order valence-electron chi connectivity index (χ3n) is 3.69. The normalized spacial score (nSPS) is 10.7. The van der Waals surface area contributed by atoms with Gasteiger partial charge in [0, 0.05) is 11.1 Å². The predicted molar refractivity (Wildman–Crippen MR) is 98.8 cm³/mol. The Labute approximate surface area is 157 Å². The molecule has 2 N–H and O–H groups in total. The van der Waals surface area contributed by atoms with Crippen LogP contribution in [-0.4, -0.2) is 22.2 Å². The van der Waals surface area contributed by atoms with Gasteiger partial charge in [0.15, 0.2) is 0 Å². The smallest absolute Gasteiger partial charge is 0.336 e. The van der Waals surface area contributed by atoms with E-state index in [2.05, 4.69) is 13.2 Å². The summed E-state index contributed by atoms with van der Waals surface area (Å²) < 4.78 is 11.0. The van der Waals surface area contributed by atoms with Crippen LogP contribution >= 0.6 is 0 Å². The highest BCUT2D eigenvalue weighted by atomic mass is 16.7. The molecule has 0 heterocycles. The van der Waals surface area contributed by atoms with Crippen LogP contribution in [0.2, 0.25) is 0 Å². The van der Waals surface area contributed by atoms with Crippen molar-refractivity contribution in [3.63, 3.8) is 0 Å². The van der Waals surface area contributed by atoms with E-state index >= 15 is 0 Å². The van der Waals surface area contributed by atoms with Gasteiger partial charge in [0.25, 0.3) is 0 Å². The standard InChI is InChI=1S/C21H20O6/c1-13(2)19(24)26-21(27-20(25)14(3)4,15-9-5-7-11-17(15)22)16-10-6-8-12-18(16)23/h5-12,22-23H,1,3H2,2,4H3. The number of carbonyl (C=O) groups is 2. The number of esters is 2. The molecule has 0 spiro atoms. The van der Waals surface area contributed by atoms with E-state index in [1.807, 2.05) is 0 Å². The minimum absolute atomic E-state index is 0.0385. The summed E-state index contributed by atoms with van der Waals surface area (Å²) in [5.74, 6) is -4.61. The number of para-hydroxylation sites is 2. The molecule has 140 valence electrons. The van der Waals surface area contributed by atoms with Gasteiger partial charge in [-0.1, -0.05) is 37.4 Å². The summed E-state index contributed by atoms with van der Waals surface area (Å²) in [5.41, 5.74) is -0.0143. The lowest BCUT2D eigenvalue weighted by molar-refractivity contribution is -0.214. The number of benzene rings is 2. The van der Waals surface area contributed by atoms with Crippen molar-refractivity contribution in [2.45, 2.75) is 19.6 Å². The average Bonchev–Trinajstić information content (AvgIpc) is 2.61. The van der Waals surface area contributed by atoms with Crippen molar-refractivity contribution in [1.82, 2.24) is 0 Å². The molecule has 6 nitrogen and oxygen atoms in total. The molecule has 2 aromatic carbocycles. The minimum atomic E-state index is -2.25. The van der Waals surface area contributed by atoms with Gasteiger partial charge in [0.2, 0.25) is 0 Å². The van der Waals surface area contributed by atoms with Crippen LogP contribution in [0.4, 0.5) is 0 Å². The summed E-state index contributed by atoms with van der Waals surface area (Å²) >= 11 is 0. The highest BCUT2D eigenvalue weighted by Gasteiger charge is 2.47. The highest BCUT2D eigenvalue weighted by molar-refractivity contribution is 5.89. The van der Waals surface area contributed by atoms with Gasteiger partial charge in [-0.2, -0.15) is 0 Å². The van der Waals surface area contributed by atoms with E-state index in [1.165, 1.54) is 38.1 Å². The molecule has 0 atom stereocenters. The van der Waals surface area contributed by atoms with Crippen LogP contribution in [0.1, 0.15) is 25.0 Å². The van der Waals surface area contributed by atoms with Gasteiger partial charge in [0.05, 0.1) is 11.1 Å². The first kappa shape index (κ1) is 19.8. The third-order valence-corrected chi connectivity index (χ3v) is 3.69. The molecule has 0 bridgehead atoms. The Hall–Kier alpha value is -3.54. The quantitative estimate of drug-likeness (QED) is 0.460. The maximum Gasteiger partial charge on any atom is 0.336 e. The Bertz CT molecular complexity index is 837. The Kier molecular flexibility index (Phi) is 5.70. The number of phenols is 2. The summed E-state index contributed by atoms with van der Waals surface area (Å²) in [5, 5.41) is 20.8. The molecule has 0 unspecified atom stereocenters. The molecule has 6 heteroatoms. The van der Waals surface area contributed by atoms with E-state index in [9.17, 15) is 19.8 Å². The first-order valence-corrected chi connectivity index (χ1v) is 8.03. The fourth-order valence-corrected chi connectivity index (χ4v) is 2.33. The van der Waals surface area contributed by atoms with Crippen LogP contribution in [0.25, 0.3) is 0 Å². The van der Waals surface area contributed by atoms with Gasteiger partial charge < -0.3 is 19.7 Å². The van der Waals surface area contributed by atoms with Gasteiger partial charge in [-0.15, -0.1) is 0 Å². The van der Waals surface area contributed by atoms with Crippen LogP contribution in [0.5, 0.6) is 11.5 Å². The largest absolute Gasteiger partial charge is 0.507 e. The van der Waals surface area contributed by atoms with Crippen LogP contribution in [0.15, 0.2) is 72.8 Å². The van der Waals surface area contributed by atoms with Crippen molar-refractivity contribution in [2.24, 2.45) is 0 Å². The number of rotatable bonds is 6. The summed E-state index contributed by atoms with van der Waals surface area (Å²) in [6.07, 6.45) is 0. The van der Waals surface area contributed by atoms with Gasteiger partial charge in [-0.05, 0) is 38.1 Å². The van der Waals surface area contributed by atoms with Gasteiger partial charge in [-0.3, -0.25) is 0 Å². The van der Waals surface area contributed by atoms with E-state index in [0.29, 0.717) is 0 Å². The van der Waals surface area contributed by atoms with E-state index in [-0.39, 0.29) is 33.8 Å². The van der Waals surface area contributed by atoms with Crippen molar-refractivity contribution >= 4 is 11.9 Å². The first-order chi connectivity index (χ1) is 12.7. The van der Waals surface area contributed by atoms with Crippen LogP contribution in [0, 0.1) is 0 Å². The number of carbonyl (C=O) groups excluding carboxylic acids is 2. The van der Waals surface area contributed by atoms with Crippen molar-refractivity contribution in [3.05, 3.63) is 84.0 Å². The molecule has 0 saturated carbocycles. The van der Waals surface area contributed by atoms with Crippen LogP contribution in [-0.2, 0) is 24.8 Å². The average molecular weight is 368 g/mol. The molecular formula is C21H20O6. The first-order valence-electron chi connectivity index (χ1n) is 8.03. The lowest BCUT2D eigenvalue weighted by Gasteiger charge is -2.34. The molecule has 0 aliphatic carbocycles. The summed E-state index contributed by atoms with van der Waals surface area (Å²) in [4.78, 5) is 24.8. The fourth-order valence-electron chi connectivity index (χ4n) is 2.33. The molecule has 27 heavy (non-hydrogen) atoms. The van der Waals surface area contributed by atoms with Crippen molar-refractivity contribution in [2.75, 3.05) is 0 Å². The second kappa shape index (κ2) is 7.78. The molecule has 0 aliphatic rings. The molecule has 0 saturated heterocycles. The van der Waals surface area contributed by atoms with E-state index < -0.39 is 17.7 Å². The molecule has 0 fully saturated rings. The maximum absolute atomic E-state index is 12.4. The number of phenolic OH excluding ortho intramolecular Hbond substituents is 2. The lowest BCUT2D eigenvalue weighted by atomic mass is 9.94. The lowest BCUT2D eigenvalue weighted by Crippen LogP contribution is -2.39. The van der Waals surface area contributed by atoms with Gasteiger partial charge >= 0.3 is 17.7 Å².